The third-order valence-electron chi connectivity index (χ3n) is 6.20. The zero-order chi connectivity index (χ0) is 19.3. The van der Waals surface area contributed by atoms with Gasteiger partial charge >= 0.3 is 0 Å². The standard InChI is InChI=1S/C23H24N4O/c1-15-8-6-7-11-19(15)26-13-12-20-18(23(26)28)14-24-22-21(16(2)25-27(20)22)17-9-4-3-5-10-17/h3-5,9-10,12-15,19H,6-8,11H2,1-2H3/t15-,19+/m1/s1. The number of rotatable bonds is 2. The highest BCUT2D eigenvalue weighted by Gasteiger charge is 2.24. The summed E-state index contributed by atoms with van der Waals surface area (Å²) >= 11 is 0. The smallest absolute Gasteiger partial charge is 0.261 e. The number of nitrogens with zero attached hydrogens (tertiary/aromatic N) is 4. The highest BCUT2D eigenvalue weighted by Crippen LogP contribution is 2.33. The van der Waals surface area contributed by atoms with Gasteiger partial charge in [0.15, 0.2) is 5.65 Å². The van der Waals surface area contributed by atoms with E-state index < -0.39 is 0 Å². The van der Waals surface area contributed by atoms with E-state index in [0.29, 0.717) is 11.3 Å². The van der Waals surface area contributed by atoms with E-state index in [0.717, 1.165) is 34.4 Å². The molecule has 3 heterocycles. The number of aromatic nitrogens is 4. The van der Waals surface area contributed by atoms with Crippen molar-refractivity contribution in [2.75, 3.05) is 0 Å². The van der Waals surface area contributed by atoms with Gasteiger partial charge in [0.1, 0.15) is 0 Å². The Labute approximate surface area is 163 Å². The van der Waals surface area contributed by atoms with Crippen LogP contribution in [-0.4, -0.2) is 19.2 Å². The summed E-state index contributed by atoms with van der Waals surface area (Å²) in [7, 11) is 0. The van der Waals surface area contributed by atoms with Crippen molar-refractivity contribution in [1.29, 1.82) is 0 Å². The van der Waals surface area contributed by atoms with Crippen molar-refractivity contribution in [1.82, 2.24) is 19.2 Å². The molecule has 28 heavy (non-hydrogen) atoms. The third-order valence-corrected chi connectivity index (χ3v) is 6.20. The van der Waals surface area contributed by atoms with E-state index >= 15 is 0 Å². The molecular formula is C23H24N4O. The van der Waals surface area contributed by atoms with Crippen molar-refractivity contribution in [3.05, 3.63) is 64.8 Å². The normalized spacial score (nSPS) is 20.1. The Morgan fingerprint density at radius 1 is 1.07 bits per heavy atom. The lowest BCUT2D eigenvalue weighted by atomic mass is 9.85. The summed E-state index contributed by atoms with van der Waals surface area (Å²) in [6, 6.07) is 12.5. The summed E-state index contributed by atoms with van der Waals surface area (Å²) in [5, 5.41) is 5.36. The molecule has 5 nitrogen and oxygen atoms in total. The average molecular weight is 372 g/mol. The molecule has 1 aliphatic carbocycles. The fraction of sp³-hybridized carbons (Fsp3) is 0.348. The summed E-state index contributed by atoms with van der Waals surface area (Å²) in [6.45, 7) is 4.25. The van der Waals surface area contributed by atoms with Crippen LogP contribution in [0.15, 0.2) is 53.6 Å². The molecule has 2 atom stereocenters. The van der Waals surface area contributed by atoms with E-state index in [1.165, 1.54) is 19.3 Å². The number of hydrogen-bond donors (Lipinski definition) is 0. The zero-order valence-corrected chi connectivity index (χ0v) is 16.3. The Morgan fingerprint density at radius 3 is 2.64 bits per heavy atom. The van der Waals surface area contributed by atoms with E-state index in [-0.39, 0.29) is 11.6 Å². The molecule has 3 aromatic heterocycles. The van der Waals surface area contributed by atoms with Crippen LogP contribution in [0.5, 0.6) is 0 Å². The molecule has 0 spiro atoms. The maximum Gasteiger partial charge on any atom is 0.261 e. The second-order valence-corrected chi connectivity index (χ2v) is 7.98. The van der Waals surface area contributed by atoms with Gasteiger partial charge in [-0.2, -0.15) is 5.10 Å². The van der Waals surface area contributed by atoms with E-state index in [1.807, 2.05) is 46.5 Å². The Balaban J connectivity index is 1.72. The van der Waals surface area contributed by atoms with E-state index in [4.69, 9.17) is 5.10 Å². The third kappa shape index (κ3) is 2.57. The van der Waals surface area contributed by atoms with Gasteiger partial charge in [0, 0.05) is 24.0 Å². The molecule has 0 unspecified atom stereocenters. The van der Waals surface area contributed by atoms with Gasteiger partial charge in [0.2, 0.25) is 0 Å². The molecule has 1 aliphatic rings. The van der Waals surface area contributed by atoms with Crippen LogP contribution in [0.1, 0.15) is 44.3 Å². The maximum absolute atomic E-state index is 13.3. The first kappa shape index (κ1) is 17.2. The molecule has 0 radical (unpaired) electrons. The Kier molecular flexibility index (Phi) is 4.04. The SMILES string of the molecule is Cc1nn2c(ncc3c(=O)n([C@H]4CCCC[C@H]4C)ccc32)c1-c1ccccc1. The van der Waals surface area contributed by atoms with Crippen molar-refractivity contribution in [2.24, 2.45) is 5.92 Å². The van der Waals surface area contributed by atoms with Gasteiger partial charge in [0.25, 0.3) is 5.56 Å². The van der Waals surface area contributed by atoms with Crippen molar-refractivity contribution in [3.63, 3.8) is 0 Å². The predicted molar refractivity (Wildman–Crippen MR) is 112 cm³/mol. The van der Waals surface area contributed by atoms with Crippen molar-refractivity contribution >= 4 is 16.6 Å². The number of pyridine rings is 1. The van der Waals surface area contributed by atoms with Gasteiger partial charge in [-0.05, 0) is 37.3 Å². The quantitative estimate of drug-likeness (QED) is 0.509. The molecule has 0 saturated heterocycles. The van der Waals surface area contributed by atoms with Crippen LogP contribution in [0, 0.1) is 12.8 Å². The van der Waals surface area contributed by atoms with Gasteiger partial charge < -0.3 is 4.57 Å². The van der Waals surface area contributed by atoms with Gasteiger partial charge in [-0.25, -0.2) is 9.50 Å². The lowest BCUT2D eigenvalue weighted by molar-refractivity contribution is 0.253. The largest absolute Gasteiger partial charge is 0.312 e. The molecule has 0 aliphatic heterocycles. The number of fused-ring (bicyclic) bond motifs is 3. The first-order valence-electron chi connectivity index (χ1n) is 10.1. The van der Waals surface area contributed by atoms with Crippen LogP contribution in [0.25, 0.3) is 27.7 Å². The first-order valence-corrected chi connectivity index (χ1v) is 10.1. The Morgan fingerprint density at radius 2 is 1.86 bits per heavy atom. The molecule has 0 N–H and O–H groups in total. The van der Waals surface area contributed by atoms with Crippen LogP contribution < -0.4 is 5.56 Å². The topological polar surface area (TPSA) is 52.2 Å². The number of aryl methyl sites for hydroxylation is 1. The van der Waals surface area contributed by atoms with Crippen LogP contribution in [0.3, 0.4) is 0 Å². The van der Waals surface area contributed by atoms with Gasteiger partial charge in [-0.15, -0.1) is 0 Å². The highest BCUT2D eigenvalue weighted by molar-refractivity contribution is 5.86. The summed E-state index contributed by atoms with van der Waals surface area (Å²) in [5.74, 6) is 0.525. The predicted octanol–water partition coefficient (Wildman–Crippen LogP) is 4.77. The molecular weight excluding hydrogens is 348 g/mol. The molecule has 0 amide bonds. The van der Waals surface area contributed by atoms with Gasteiger partial charge in [-0.3, -0.25) is 4.79 Å². The molecule has 0 bridgehead atoms. The fourth-order valence-electron chi connectivity index (χ4n) is 4.70. The maximum atomic E-state index is 13.3. The van der Waals surface area contributed by atoms with E-state index in [9.17, 15) is 4.79 Å². The molecule has 1 aromatic carbocycles. The van der Waals surface area contributed by atoms with E-state index in [1.54, 1.807) is 6.20 Å². The summed E-state index contributed by atoms with van der Waals surface area (Å²) in [5.41, 5.74) is 4.68. The molecule has 5 rings (SSSR count). The number of benzene rings is 1. The second-order valence-electron chi connectivity index (χ2n) is 7.98. The molecule has 142 valence electrons. The minimum absolute atomic E-state index is 0.0417. The summed E-state index contributed by atoms with van der Waals surface area (Å²) in [6.07, 6.45) is 8.39. The minimum Gasteiger partial charge on any atom is -0.312 e. The minimum atomic E-state index is 0.0417. The highest BCUT2D eigenvalue weighted by atomic mass is 16.1. The van der Waals surface area contributed by atoms with Crippen LogP contribution in [-0.2, 0) is 0 Å². The monoisotopic (exact) mass is 372 g/mol. The van der Waals surface area contributed by atoms with Gasteiger partial charge in [-0.1, -0.05) is 50.1 Å². The van der Waals surface area contributed by atoms with Crippen LogP contribution in [0.4, 0.5) is 0 Å². The van der Waals surface area contributed by atoms with E-state index in [2.05, 4.69) is 24.0 Å². The lowest BCUT2D eigenvalue weighted by Gasteiger charge is -2.30. The summed E-state index contributed by atoms with van der Waals surface area (Å²) in [4.78, 5) is 17.9. The first-order chi connectivity index (χ1) is 13.6. The molecule has 1 fully saturated rings. The molecule has 1 saturated carbocycles. The number of hydrogen-bond acceptors (Lipinski definition) is 3. The Hall–Kier alpha value is -2.95. The molecule has 5 heteroatoms. The second kappa shape index (κ2) is 6.59. The average Bonchev–Trinajstić information content (AvgIpc) is 3.06. The molecule has 4 aromatic rings. The van der Waals surface area contributed by atoms with Crippen molar-refractivity contribution in [3.8, 4) is 11.1 Å². The van der Waals surface area contributed by atoms with Crippen molar-refractivity contribution < 1.29 is 0 Å². The van der Waals surface area contributed by atoms with Gasteiger partial charge in [0.05, 0.1) is 16.6 Å². The zero-order valence-electron chi connectivity index (χ0n) is 16.3. The summed E-state index contributed by atoms with van der Waals surface area (Å²) < 4.78 is 3.75. The Bertz CT molecular complexity index is 1220. The lowest BCUT2D eigenvalue weighted by Crippen LogP contribution is -2.30. The van der Waals surface area contributed by atoms with Crippen molar-refractivity contribution in [2.45, 2.75) is 45.6 Å². The van der Waals surface area contributed by atoms with Crippen LogP contribution >= 0.6 is 0 Å². The fourth-order valence-corrected chi connectivity index (χ4v) is 4.70. The van der Waals surface area contributed by atoms with Crippen LogP contribution in [0.2, 0.25) is 0 Å².